The Balaban J connectivity index is 2.00. The molecule has 3 rings (SSSR count). The van der Waals surface area contributed by atoms with Crippen molar-refractivity contribution in [3.63, 3.8) is 0 Å². The molecule has 24 heavy (non-hydrogen) atoms. The molecule has 0 radical (unpaired) electrons. The SMILES string of the molecule is CC(C)P(=[Se])(N[C@H](C)c1cccc2ccccc12)c1ccccc1. The summed E-state index contributed by atoms with van der Waals surface area (Å²) in [4.78, 5) is 0. The normalized spacial score (nSPS) is 15.3. The van der Waals surface area contributed by atoms with E-state index in [1.807, 2.05) is 0 Å². The molecule has 0 spiro atoms. The van der Waals surface area contributed by atoms with Gasteiger partial charge in [0.25, 0.3) is 0 Å². The first kappa shape index (κ1) is 17.6. The predicted molar refractivity (Wildman–Crippen MR) is 109 cm³/mol. The standard InChI is InChI=1S/C21H24NPSe/c1-16(2)23(24,19-12-5-4-6-13-19)22-17(3)20-15-9-11-18-10-7-8-14-21(18)20/h4-17H,1-3H3,(H,22,24)/t17-,23?/m1/s1. The summed E-state index contributed by atoms with van der Waals surface area (Å²) in [6, 6.07) is 26.4. The molecule has 0 fully saturated rings. The van der Waals surface area contributed by atoms with E-state index in [4.69, 9.17) is 0 Å². The van der Waals surface area contributed by atoms with Crippen LogP contribution in [0.15, 0.2) is 72.8 Å². The molecule has 0 aliphatic carbocycles. The van der Waals surface area contributed by atoms with Gasteiger partial charge in [-0.15, -0.1) is 0 Å². The molecule has 1 unspecified atom stereocenters. The molecule has 1 nitrogen and oxygen atoms in total. The van der Waals surface area contributed by atoms with Crippen LogP contribution in [0.4, 0.5) is 0 Å². The van der Waals surface area contributed by atoms with E-state index in [-0.39, 0.29) is 6.04 Å². The first-order chi connectivity index (χ1) is 11.5. The fourth-order valence-electron chi connectivity index (χ4n) is 3.16. The number of nitrogens with one attached hydrogen (secondary N) is 1. The fraction of sp³-hybridized carbons (Fsp3) is 0.238. The topological polar surface area (TPSA) is 12.0 Å². The van der Waals surface area contributed by atoms with Crippen molar-refractivity contribution >= 4 is 36.8 Å². The van der Waals surface area contributed by atoms with E-state index in [9.17, 15) is 0 Å². The Morgan fingerprint density at radius 1 is 0.792 bits per heavy atom. The van der Waals surface area contributed by atoms with Crippen LogP contribution in [0.5, 0.6) is 0 Å². The predicted octanol–water partition coefficient (Wildman–Crippen LogP) is 5.24. The summed E-state index contributed by atoms with van der Waals surface area (Å²) >= 11 is 3.56. The van der Waals surface area contributed by atoms with Crippen LogP contribution in [-0.4, -0.2) is 20.8 Å². The molecule has 0 aliphatic heterocycles. The van der Waals surface area contributed by atoms with Gasteiger partial charge in [-0.3, -0.25) is 0 Å². The molecular formula is C21H24NPSe. The molecular weight excluding hydrogens is 376 g/mol. The van der Waals surface area contributed by atoms with E-state index in [1.165, 1.54) is 21.6 Å². The molecule has 0 heterocycles. The Morgan fingerprint density at radius 2 is 1.42 bits per heavy atom. The van der Waals surface area contributed by atoms with Gasteiger partial charge in [0.2, 0.25) is 0 Å². The first-order valence-corrected chi connectivity index (χ1v) is 12.5. The number of benzene rings is 3. The van der Waals surface area contributed by atoms with Crippen LogP contribution in [0.25, 0.3) is 10.8 Å². The van der Waals surface area contributed by atoms with Crippen molar-refractivity contribution in [2.75, 3.05) is 0 Å². The summed E-state index contributed by atoms with van der Waals surface area (Å²) in [6.07, 6.45) is 0. The number of hydrogen-bond donors (Lipinski definition) is 1. The average Bonchev–Trinajstić information content (AvgIpc) is 2.61. The Kier molecular flexibility index (Phi) is 5.42. The van der Waals surface area contributed by atoms with Crippen molar-refractivity contribution in [1.82, 2.24) is 5.09 Å². The molecule has 1 N–H and O–H groups in total. The van der Waals surface area contributed by atoms with Gasteiger partial charge < -0.3 is 0 Å². The zero-order chi connectivity index (χ0) is 17.2. The van der Waals surface area contributed by atoms with Crippen LogP contribution in [0.2, 0.25) is 0 Å². The van der Waals surface area contributed by atoms with Crippen molar-refractivity contribution in [3.8, 4) is 0 Å². The molecule has 0 bridgehead atoms. The van der Waals surface area contributed by atoms with Crippen LogP contribution in [-0.2, 0) is 0 Å². The summed E-state index contributed by atoms with van der Waals surface area (Å²) in [6.45, 7) is 6.89. The van der Waals surface area contributed by atoms with E-state index in [1.54, 1.807) is 0 Å². The van der Waals surface area contributed by atoms with Gasteiger partial charge in [-0.2, -0.15) is 0 Å². The molecule has 0 saturated heterocycles. The van der Waals surface area contributed by atoms with Crippen molar-refractivity contribution in [2.45, 2.75) is 32.5 Å². The second-order valence-electron chi connectivity index (χ2n) is 6.51. The Morgan fingerprint density at radius 3 is 2.12 bits per heavy atom. The molecule has 0 amide bonds. The zero-order valence-corrected chi connectivity index (χ0v) is 17.0. The molecule has 0 aromatic heterocycles. The van der Waals surface area contributed by atoms with Gasteiger partial charge in [0.1, 0.15) is 0 Å². The van der Waals surface area contributed by atoms with Crippen molar-refractivity contribution < 1.29 is 0 Å². The summed E-state index contributed by atoms with van der Waals surface area (Å²) in [5, 5.41) is 8.01. The maximum atomic E-state index is 3.97. The first-order valence-electron chi connectivity index (χ1n) is 8.43. The van der Waals surface area contributed by atoms with Gasteiger partial charge in [0, 0.05) is 0 Å². The Bertz CT molecular complexity index is 868. The van der Waals surface area contributed by atoms with Gasteiger partial charge in [-0.05, 0) is 0 Å². The van der Waals surface area contributed by atoms with Crippen LogP contribution >= 0.6 is 5.66 Å². The van der Waals surface area contributed by atoms with Gasteiger partial charge in [-0.25, -0.2) is 0 Å². The van der Waals surface area contributed by atoms with Crippen molar-refractivity contribution in [3.05, 3.63) is 78.4 Å². The molecule has 124 valence electrons. The van der Waals surface area contributed by atoms with E-state index in [2.05, 4.69) is 114 Å². The Hall–Kier alpha value is -1.17. The second kappa shape index (κ2) is 7.38. The molecule has 2 atom stereocenters. The van der Waals surface area contributed by atoms with E-state index in [0.717, 1.165) is 0 Å². The third-order valence-corrected chi connectivity index (χ3v) is 12.5. The van der Waals surface area contributed by atoms with Crippen molar-refractivity contribution in [1.29, 1.82) is 0 Å². The monoisotopic (exact) mass is 401 g/mol. The van der Waals surface area contributed by atoms with E-state index < -0.39 is 5.66 Å². The van der Waals surface area contributed by atoms with Gasteiger partial charge in [0.15, 0.2) is 0 Å². The number of rotatable bonds is 5. The second-order valence-corrected chi connectivity index (χ2v) is 13.3. The summed E-state index contributed by atoms with van der Waals surface area (Å²) in [7, 11) is 0. The summed E-state index contributed by atoms with van der Waals surface area (Å²) in [5.41, 5.74) is 0.336. The number of fused-ring (bicyclic) bond motifs is 1. The van der Waals surface area contributed by atoms with E-state index >= 15 is 0 Å². The molecule has 3 heteroatoms. The van der Waals surface area contributed by atoms with Gasteiger partial charge >= 0.3 is 153 Å². The molecule has 3 aromatic rings. The van der Waals surface area contributed by atoms with Crippen LogP contribution < -0.4 is 10.4 Å². The minimum atomic E-state index is -1.57. The van der Waals surface area contributed by atoms with Crippen molar-refractivity contribution in [2.24, 2.45) is 0 Å². The summed E-state index contributed by atoms with van der Waals surface area (Å²) in [5.74, 6) is 0. The van der Waals surface area contributed by atoms with Crippen LogP contribution in [0, 0.1) is 0 Å². The van der Waals surface area contributed by atoms with Gasteiger partial charge in [0.05, 0.1) is 0 Å². The Labute approximate surface area is 152 Å². The molecule has 3 aromatic carbocycles. The quantitative estimate of drug-likeness (QED) is 0.456. The van der Waals surface area contributed by atoms with E-state index in [0.29, 0.717) is 5.66 Å². The zero-order valence-electron chi connectivity index (χ0n) is 14.4. The molecule has 0 aliphatic rings. The minimum absolute atomic E-state index is 0.285. The van der Waals surface area contributed by atoms with Crippen LogP contribution in [0.3, 0.4) is 0 Å². The maximum absolute atomic E-state index is 3.97. The third-order valence-electron chi connectivity index (χ3n) is 4.54. The van der Waals surface area contributed by atoms with Gasteiger partial charge in [-0.1, -0.05) is 0 Å². The molecule has 0 saturated carbocycles. The third kappa shape index (κ3) is 3.44. The average molecular weight is 400 g/mol. The fourth-order valence-corrected chi connectivity index (χ4v) is 7.29. The number of hydrogen-bond acceptors (Lipinski definition) is 1. The van der Waals surface area contributed by atoms with Crippen LogP contribution in [0.1, 0.15) is 32.4 Å². The summed E-state index contributed by atoms with van der Waals surface area (Å²) < 4.78 is 0.